The maximum Gasteiger partial charge on any atom is 0.265 e. The molecular formula is C10H18N2O3S. The zero-order valence-electron chi connectivity index (χ0n) is 9.55. The van der Waals surface area contributed by atoms with Crippen molar-refractivity contribution in [1.82, 2.24) is 11.1 Å². The van der Waals surface area contributed by atoms with Crippen molar-refractivity contribution in [2.45, 2.75) is 20.3 Å². The second-order valence-corrected chi connectivity index (χ2v) is 5.33. The summed E-state index contributed by atoms with van der Waals surface area (Å²) >= 11 is 0. The average Bonchev–Trinajstić information content (AvgIpc) is 1.99. The quantitative estimate of drug-likeness (QED) is 0.786. The molecule has 1 heterocycles. The lowest BCUT2D eigenvalue weighted by molar-refractivity contribution is 0.468. The molecule has 0 saturated heterocycles. The van der Waals surface area contributed by atoms with Gasteiger partial charge in [0.05, 0.1) is 5.75 Å². The summed E-state index contributed by atoms with van der Waals surface area (Å²) in [6.07, 6.45) is 0.557. The molecule has 1 aromatic heterocycles. The van der Waals surface area contributed by atoms with E-state index in [1.807, 2.05) is 25.1 Å². The highest BCUT2D eigenvalue weighted by Gasteiger charge is 2.13. The van der Waals surface area contributed by atoms with Crippen LogP contribution in [0, 0.1) is 12.8 Å². The molecule has 5 nitrogen and oxygen atoms in total. The van der Waals surface area contributed by atoms with Gasteiger partial charge in [-0.2, -0.15) is 8.42 Å². The van der Waals surface area contributed by atoms with Crippen molar-refractivity contribution in [3.63, 3.8) is 0 Å². The molecule has 0 aliphatic heterocycles. The van der Waals surface area contributed by atoms with Crippen LogP contribution in [0.3, 0.4) is 0 Å². The second-order valence-electron chi connectivity index (χ2n) is 3.83. The molecule has 0 amide bonds. The maximum absolute atomic E-state index is 10.6. The van der Waals surface area contributed by atoms with Gasteiger partial charge in [-0.05, 0) is 31.4 Å². The fraction of sp³-hybridized carbons (Fsp3) is 0.500. The normalized spacial score (nSPS) is 12.9. The zero-order valence-corrected chi connectivity index (χ0v) is 10.4. The van der Waals surface area contributed by atoms with E-state index in [0.717, 1.165) is 11.4 Å². The highest BCUT2D eigenvalue weighted by molar-refractivity contribution is 7.85. The van der Waals surface area contributed by atoms with E-state index in [1.165, 1.54) is 0 Å². The molecule has 16 heavy (non-hydrogen) atoms. The fourth-order valence-electron chi connectivity index (χ4n) is 1.49. The number of nitrogens with zero attached hydrogens (tertiary/aromatic N) is 1. The van der Waals surface area contributed by atoms with Gasteiger partial charge in [0.2, 0.25) is 0 Å². The van der Waals surface area contributed by atoms with Crippen LogP contribution >= 0.6 is 0 Å². The van der Waals surface area contributed by atoms with Crippen LogP contribution < -0.4 is 6.15 Å². The van der Waals surface area contributed by atoms with E-state index in [9.17, 15) is 8.42 Å². The summed E-state index contributed by atoms with van der Waals surface area (Å²) < 4.78 is 29.9. The van der Waals surface area contributed by atoms with E-state index >= 15 is 0 Å². The molecule has 0 radical (unpaired) electrons. The smallest absolute Gasteiger partial charge is 0.265 e. The first-order chi connectivity index (χ1) is 6.87. The van der Waals surface area contributed by atoms with Gasteiger partial charge in [0, 0.05) is 11.4 Å². The second kappa shape index (κ2) is 5.93. The van der Waals surface area contributed by atoms with Crippen molar-refractivity contribution in [2.24, 2.45) is 5.92 Å². The van der Waals surface area contributed by atoms with Crippen molar-refractivity contribution < 1.29 is 13.0 Å². The van der Waals surface area contributed by atoms with Gasteiger partial charge in [-0.1, -0.05) is 13.0 Å². The molecule has 4 N–H and O–H groups in total. The molecule has 1 atom stereocenters. The molecule has 0 aliphatic rings. The Balaban J connectivity index is 0.00000225. The van der Waals surface area contributed by atoms with Gasteiger partial charge in [0.1, 0.15) is 0 Å². The predicted molar refractivity (Wildman–Crippen MR) is 63.3 cm³/mol. The van der Waals surface area contributed by atoms with Crippen molar-refractivity contribution >= 4 is 10.1 Å². The van der Waals surface area contributed by atoms with Crippen LogP contribution in [-0.2, 0) is 16.5 Å². The molecular weight excluding hydrogens is 228 g/mol. The van der Waals surface area contributed by atoms with E-state index in [0.29, 0.717) is 6.42 Å². The first-order valence-electron chi connectivity index (χ1n) is 4.74. The Bertz CT molecular complexity index is 431. The van der Waals surface area contributed by atoms with Crippen LogP contribution in [0.4, 0.5) is 0 Å². The zero-order chi connectivity index (χ0) is 11.5. The van der Waals surface area contributed by atoms with Gasteiger partial charge in [-0.15, -0.1) is 0 Å². The lowest BCUT2D eigenvalue weighted by atomic mass is 10.1. The van der Waals surface area contributed by atoms with Crippen molar-refractivity contribution in [3.8, 4) is 0 Å². The number of aryl methyl sites for hydroxylation is 1. The molecule has 0 saturated carbocycles. The molecule has 6 heteroatoms. The summed E-state index contributed by atoms with van der Waals surface area (Å²) in [5.74, 6) is -0.350. The van der Waals surface area contributed by atoms with Gasteiger partial charge in [-0.25, -0.2) is 0 Å². The number of aromatic nitrogens is 1. The minimum absolute atomic E-state index is 0. The van der Waals surface area contributed by atoms with Crippen molar-refractivity contribution in [3.05, 3.63) is 29.6 Å². The Morgan fingerprint density at radius 2 is 2.06 bits per heavy atom. The molecule has 0 bridgehead atoms. The lowest BCUT2D eigenvalue weighted by Gasteiger charge is -2.08. The van der Waals surface area contributed by atoms with E-state index in [-0.39, 0.29) is 17.8 Å². The molecule has 0 spiro atoms. The van der Waals surface area contributed by atoms with Crippen molar-refractivity contribution in [2.75, 3.05) is 5.75 Å². The lowest BCUT2D eigenvalue weighted by Crippen LogP contribution is -2.15. The van der Waals surface area contributed by atoms with Gasteiger partial charge in [-0.3, -0.25) is 9.54 Å². The Kier molecular flexibility index (Phi) is 5.57. The highest BCUT2D eigenvalue weighted by atomic mass is 32.2. The van der Waals surface area contributed by atoms with Crippen LogP contribution in [0.2, 0.25) is 0 Å². The number of hydrogen-bond donors (Lipinski definition) is 2. The van der Waals surface area contributed by atoms with Crippen molar-refractivity contribution in [1.29, 1.82) is 0 Å². The third kappa shape index (κ3) is 5.79. The third-order valence-electron chi connectivity index (χ3n) is 2.00. The summed E-state index contributed by atoms with van der Waals surface area (Å²) in [4.78, 5) is 4.27. The first kappa shape index (κ1) is 15.0. The largest absolute Gasteiger partial charge is 0.344 e. The SMILES string of the molecule is Cc1cccc(CC(C)CS(=O)(=O)O)n1.N. The number of hydrogen-bond acceptors (Lipinski definition) is 4. The molecule has 1 unspecified atom stereocenters. The summed E-state index contributed by atoms with van der Waals surface area (Å²) in [5, 5.41) is 0. The van der Waals surface area contributed by atoms with Crippen LogP contribution in [0.15, 0.2) is 18.2 Å². The van der Waals surface area contributed by atoms with Gasteiger partial charge < -0.3 is 6.15 Å². The number of rotatable bonds is 4. The first-order valence-corrected chi connectivity index (χ1v) is 6.35. The summed E-state index contributed by atoms with van der Waals surface area (Å²) in [6.45, 7) is 3.66. The average molecular weight is 246 g/mol. The Labute approximate surface area is 96.2 Å². The Morgan fingerprint density at radius 3 is 2.56 bits per heavy atom. The molecule has 1 aromatic rings. The van der Waals surface area contributed by atoms with Crippen LogP contribution in [0.25, 0.3) is 0 Å². The highest BCUT2D eigenvalue weighted by Crippen LogP contribution is 2.08. The number of pyridine rings is 1. The third-order valence-corrected chi connectivity index (χ3v) is 2.99. The summed E-state index contributed by atoms with van der Waals surface area (Å²) in [7, 11) is -3.88. The minimum Gasteiger partial charge on any atom is -0.344 e. The minimum atomic E-state index is -3.88. The molecule has 0 aromatic carbocycles. The topological polar surface area (TPSA) is 102 Å². The maximum atomic E-state index is 10.6. The molecule has 92 valence electrons. The van der Waals surface area contributed by atoms with E-state index in [2.05, 4.69) is 4.98 Å². The van der Waals surface area contributed by atoms with Gasteiger partial charge in [0.25, 0.3) is 10.1 Å². The van der Waals surface area contributed by atoms with Crippen LogP contribution in [0.5, 0.6) is 0 Å². The summed E-state index contributed by atoms with van der Waals surface area (Å²) in [6, 6.07) is 5.63. The van der Waals surface area contributed by atoms with Gasteiger partial charge >= 0.3 is 0 Å². The molecule has 1 rings (SSSR count). The van der Waals surface area contributed by atoms with E-state index in [4.69, 9.17) is 4.55 Å². The van der Waals surface area contributed by atoms with E-state index in [1.54, 1.807) is 6.92 Å². The Morgan fingerprint density at radius 1 is 1.44 bits per heavy atom. The fourth-order valence-corrected chi connectivity index (χ4v) is 2.33. The molecule has 0 aliphatic carbocycles. The van der Waals surface area contributed by atoms with E-state index < -0.39 is 10.1 Å². The Hall–Kier alpha value is -0.980. The van der Waals surface area contributed by atoms with Crippen LogP contribution in [-0.4, -0.2) is 23.7 Å². The standard InChI is InChI=1S/C10H15NO3S.H3N/c1-8(7-15(12,13)14)6-10-5-3-4-9(2)11-10;/h3-5,8H,6-7H2,1-2H3,(H,12,13,14);1H3. The van der Waals surface area contributed by atoms with Crippen LogP contribution in [0.1, 0.15) is 18.3 Å². The monoisotopic (exact) mass is 246 g/mol. The van der Waals surface area contributed by atoms with Gasteiger partial charge in [0.15, 0.2) is 0 Å². The predicted octanol–water partition coefficient (Wildman–Crippen LogP) is 1.62. The summed E-state index contributed by atoms with van der Waals surface area (Å²) in [5.41, 5.74) is 1.76. The molecule has 0 fully saturated rings.